The average molecular weight is 371 g/mol. The molecule has 0 fully saturated rings. The van der Waals surface area contributed by atoms with Gasteiger partial charge in [0.25, 0.3) is 0 Å². The van der Waals surface area contributed by atoms with E-state index in [0.29, 0.717) is 30.0 Å². The van der Waals surface area contributed by atoms with Gasteiger partial charge in [0, 0.05) is 13.0 Å². The van der Waals surface area contributed by atoms with Crippen molar-refractivity contribution >= 4 is 5.91 Å². The first-order valence-corrected chi connectivity index (χ1v) is 8.47. The van der Waals surface area contributed by atoms with Gasteiger partial charge in [0.1, 0.15) is 18.5 Å². The van der Waals surface area contributed by atoms with Crippen LogP contribution in [0.25, 0.3) is 0 Å². The van der Waals surface area contributed by atoms with Crippen molar-refractivity contribution in [1.29, 1.82) is 0 Å². The number of nitrogens with one attached hydrogen (secondary N) is 1. The Morgan fingerprint density at radius 3 is 2.59 bits per heavy atom. The predicted octanol–water partition coefficient (Wildman–Crippen LogP) is 2.11. The van der Waals surface area contributed by atoms with Crippen LogP contribution >= 0.6 is 0 Å². The highest BCUT2D eigenvalue weighted by atomic mass is 19.1. The Kier molecular flexibility index (Phi) is 7.65. The minimum atomic E-state index is -1.19. The van der Waals surface area contributed by atoms with Crippen molar-refractivity contribution in [3.8, 4) is 23.8 Å². The lowest BCUT2D eigenvalue weighted by molar-refractivity contribution is -0.129. The molecular weight excluding hydrogens is 349 g/mol. The van der Waals surface area contributed by atoms with E-state index >= 15 is 0 Å². The summed E-state index contributed by atoms with van der Waals surface area (Å²) in [6.07, 6.45) is 4.67. The van der Waals surface area contributed by atoms with Crippen molar-refractivity contribution in [3.63, 3.8) is 0 Å². The largest absolute Gasteiger partial charge is 0.493 e. The second-order valence-electron chi connectivity index (χ2n) is 5.87. The third-order valence-electron chi connectivity index (χ3n) is 3.90. The molecule has 1 amide bonds. The van der Waals surface area contributed by atoms with Crippen molar-refractivity contribution in [2.45, 2.75) is 18.9 Å². The Bertz CT molecular complexity index is 799. The van der Waals surface area contributed by atoms with Crippen LogP contribution in [0, 0.1) is 18.2 Å². The Hall–Kier alpha value is -3.04. The Morgan fingerprint density at radius 1 is 1.22 bits per heavy atom. The summed E-state index contributed by atoms with van der Waals surface area (Å²) >= 11 is 0. The quantitative estimate of drug-likeness (QED) is 0.663. The number of halogens is 1. The van der Waals surface area contributed by atoms with Crippen LogP contribution in [0.1, 0.15) is 11.1 Å². The maximum Gasteiger partial charge on any atom is 0.249 e. The highest BCUT2D eigenvalue weighted by Crippen LogP contribution is 2.28. The first kappa shape index (κ1) is 20.3. The number of ether oxygens (including phenoxy) is 2. The van der Waals surface area contributed by atoms with Crippen LogP contribution in [0.4, 0.5) is 4.39 Å². The molecule has 0 bridgehead atoms. The van der Waals surface area contributed by atoms with E-state index in [2.05, 4.69) is 11.2 Å². The number of carbonyl (C=O) groups excluding carboxylic acids is 1. The van der Waals surface area contributed by atoms with E-state index in [-0.39, 0.29) is 18.8 Å². The molecule has 0 aliphatic heterocycles. The molecule has 0 saturated carbocycles. The molecule has 2 rings (SSSR count). The zero-order chi connectivity index (χ0) is 19.6. The molecule has 0 heterocycles. The summed E-state index contributed by atoms with van der Waals surface area (Å²) in [5.41, 5.74) is 1.62. The van der Waals surface area contributed by atoms with Crippen LogP contribution in [0.2, 0.25) is 0 Å². The molecule has 6 heteroatoms. The molecule has 0 aliphatic rings. The third kappa shape index (κ3) is 6.32. The number of rotatable bonds is 9. The van der Waals surface area contributed by atoms with E-state index in [9.17, 15) is 14.3 Å². The van der Waals surface area contributed by atoms with Crippen molar-refractivity contribution in [1.82, 2.24) is 5.32 Å². The van der Waals surface area contributed by atoms with Gasteiger partial charge in [-0.2, -0.15) is 0 Å². The number of amides is 1. The Labute approximate surface area is 158 Å². The summed E-state index contributed by atoms with van der Waals surface area (Å²) in [6, 6.07) is 11.1. The fraction of sp³-hybridized carbons (Fsp3) is 0.286. The van der Waals surface area contributed by atoms with Crippen LogP contribution in [0.3, 0.4) is 0 Å². The number of hydrogen-bond donors (Lipinski definition) is 2. The lowest BCUT2D eigenvalue weighted by Crippen LogP contribution is -2.37. The fourth-order valence-corrected chi connectivity index (χ4v) is 2.49. The fourth-order valence-electron chi connectivity index (χ4n) is 2.49. The molecule has 27 heavy (non-hydrogen) atoms. The van der Waals surface area contributed by atoms with Crippen LogP contribution in [-0.2, 0) is 17.6 Å². The summed E-state index contributed by atoms with van der Waals surface area (Å²) in [6.45, 7) is 0.505. The molecule has 1 unspecified atom stereocenters. The summed E-state index contributed by atoms with van der Waals surface area (Å²) < 4.78 is 23.5. The third-order valence-corrected chi connectivity index (χ3v) is 3.90. The number of hydrogen-bond acceptors (Lipinski definition) is 4. The second-order valence-corrected chi connectivity index (χ2v) is 5.87. The molecule has 0 aliphatic carbocycles. The molecule has 142 valence electrons. The van der Waals surface area contributed by atoms with Gasteiger partial charge in [-0.3, -0.25) is 4.79 Å². The lowest BCUT2D eigenvalue weighted by Gasteiger charge is -2.13. The predicted molar refractivity (Wildman–Crippen MR) is 100 cm³/mol. The maximum atomic E-state index is 12.9. The smallest absolute Gasteiger partial charge is 0.249 e. The number of aliphatic hydroxyl groups excluding tert-OH is 1. The van der Waals surface area contributed by atoms with Gasteiger partial charge in [-0.25, -0.2) is 4.39 Å². The molecule has 0 aromatic heterocycles. The number of benzene rings is 2. The van der Waals surface area contributed by atoms with E-state index in [0.717, 1.165) is 5.56 Å². The van der Waals surface area contributed by atoms with Gasteiger partial charge in [-0.05, 0) is 41.8 Å². The molecule has 1 atom stereocenters. The minimum Gasteiger partial charge on any atom is -0.493 e. The maximum absolute atomic E-state index is 12.9. The highest BCUT2D eigenvalue weighted by Gasteiger charge is 2.15. The highest BCUT2D eigenvalue weighted by molar-refractivity contribution is 5.80. The van der Waals surface area contributed by atoms with Crippen molar-refractivity contribution < 1.29 is 23.8 Å². The van der Waals surface area contributed by atoms with Gasteiger partial charge in [-0.1, -0.05) is 24.1 Å². The lowest BCUT2D eigenvalue weighted by atomic mass is 10.1. The molecule has 2 aromatic rings. The van der Waals surface area contributed by atoms with Crippen molar-refractivity contribution in [3.05, 3.63) is 59.4 Å². The van der Waals surface area contributed by atoms with E-state index in [1.807, 2.05) is 12.1 Å². The zero-order valence-corrected chi connectivity index (χ0v) is 15.1. The molecule has 5 nitrogen and oxygen atoms in total. The molecular formula is C21H22FNO4. The van der Waals surface area contributed by atoms with E-state index < -0.39 is 12.0 Å². The molecule has 2 aromatic carbocycles. The van der Waals surface area contributed by atoms with Crippen molar-refractivity contribution in [2.75, 3.05) is 20.3 Å². The zero-order valence-electron chi connectivity index (χ0n) is 15.1. The van der Waals surface area contributed by atoms with E-state index in [1.165, 1.54) is 19.2 Å². The van der Waals surface area contributed by atoms with Gasteiger partial charge < -0.3 is 19.9 Å². The SMILES string of the molecule is C#CCOc1ccc(CCNC(=O)C(O)Cc2ccc(F)cc2)cc1OC. The number of carbonyl (C=O) groups is 1. The molecule has 2 N–H and O–H groups in total. The molecule has 0 radical (unpaired) electrons. The number of terminal acetylenes is 1. The van der Waals surface area contributed by atoms with Gasteiger partial charge in [0.2, 0.25) is 5.91 Å². The Morgan fingerprint density at radius 2 is 1.93 bits per heavy atom. The monoisotopic (exact) mass is 371 g/mol. The topological polar surface area (TPSA) is 67.8 Å². The summed E-state index contributed by atoms with van der Waals surface area (Å²) in [5.74, 6) is 2.68. The van der Waals surface area contributed by atoms with Gasteiger partial charge >= 0.3 is 0 Å². The van der Waals surface area contributed by atoms with E-state index in [4.69, 9.17) is 15.9 Å². The minimum absolute atomic E-state index is 0.126. The van der Waals surface area contributed by atoms with Gasteiger partial charge in [0.15, 0.2) is 11.5 Å². The van der Waals surface area contributed by atoms with E-state index in [1.54, 1.807) is 18.2 Å². The van der Waals surface area contributed by atoms with Gasteiger partial charge in [0.05, 0.1) is 7.11 Å². The van der Waals surface area contributed by atoms with Crippen molar-refractivity contribution in [2.24, 2.45) is 0 Å². The first-order chi connectivity index (χ1) is 13.0. The molecule has 0 saturated heterocycles. The standard InChI is InChI=1S/C21H22FNO4/c1-3-12-27-19-9-6-16(14-20(19)26-2)10-11-23-21(25)18(24)13-15-4-7-17(22)8-5-15/h1,4-9,14,18,24H,10-13H2,2H3,(H,23,25). The summed E-state index contributed by atoms with van der Waals surface area (Å²) in [4.78, 5) is 12.0. The summed E-state index contributed by atoms with van der Waals surface area (Å²) in [5, 5.41) is 12.7. The average Bonchev–Trinajstić information content (AvgIpc) is 2.68. The number of aliphatic hydroxyl groups is 1. The second kappa shape index (κ2) is 10.2. The van der Waals surface area contributed by atoms with Crippen LogP contribution in [0.15, 0.2) is 42.5 Å². The molecule has 0 spiro atoms. The Balaban J connectivity index is 1.83. The number of methoxy groups -OCH3 is 1. The normalized spacial score (nSPS) is 11.3. The van der Waals surface area contributed by atoms with Crippen LogP contribution in [-0.4, -0.2) is 37.4 Å². The van der Waals surface area contributed by atoms with Gasteiger partial charge in [-0.15, -0.1) is 6.42 Å². The first-order valence-electron chi connectivity index (χ1n) is 8.47. The van der Waals surface area contributed by atoms with Crippen LogP contribution in [0.5, 0.6) is 11.5 Å². The van der Waals surface area contributed by atoms with Crippen LogP contribution < -0.4 is 14.8 Å². The summed E-state index contributed by atoms with van der Waals surface area (Å²) in [7, 11) is 1.54.